The van der Waals surface area contributed by atoms with Gasteiger partial charge < -0.3 is 10.1 Å². The molecule has 0 saturated carbocycles. The number of nitrogens with zero attached hydrogens (tertiary/aromatic N) is 2. The molecule has 0 radical (unpaired) electrons. The van der Waals surface area contributed by atoms with Gasteiger partial charge in [-0.25, -0.2) is 4.68 Å². The Labute approximate surface area is 143 Å². The molecule has 24 heavy (non-hydrogen) atoms. The van der Waals surface area contributed by atoms with Gasteiger partial charge in [0.05, 0.1) is 30.0 Å². The fourth-order valence-corrected chi connectivity index (χ4v) is 3.73. The molecule has 128 valence electrons. The van der Waals surface area contributed by atoms with Crippen molar-refractivity contribution in [2.75, 3.05) is 12.4 Å². The molecule has 2 heterocycles. The summed E-state index contributed by atoms with van der Waals surface area (Å²) in [4.78, 5) is 12.4. The van der Waals surface area contributed by atoms with Crippen LogP contribution in [0.15, 0.2) is 24.3 Å². The number of nitrogens with one attached hydrogen (secondary N) is 1. The molecule has 0 fully saturated rings. The fraction of sp³-hybridized carbons (Fsp3) is 0.412. The molecule has 0 aliphatic carbocycles. The highest BCUT2D eigenvalue weighted by atomic mass is 32.2. The molecule has 0 spiro atoms. The first-order valence-corrected chi connectivity index (χ1v) is 9.20. The number of fused-ring (bicyclic) bond motifs is 1. The number of carbonyl (C=O) groups is 1. The van der Waals surface area contributed by atoms with Gasteiger partial charge in [0.2, 0.25) is 5.91 Å². The molecular formula is C17H21N3O3S. The summed E-state index contributed by atoms with van der Waals surface area (Å²) in [6, 6.07) is 7.45. The number of benzene rings is 1. The van der Waals surface area contributed by atoms with Crippen LogP contribution in [0.5, 0.6) is 5.75 Å². The van der Waals surface area contributed by atoms with E-state index in [1.54, 1.807) is 11.8 Å². The van der Waals surface area contributed by atoms with Gasteiger partial charge >= 0.3 is 0 Å². The Hall–Kier alpha value is -2.15. The topological polar surface area (TPSA) is 73.2 Å². The van der Waals surface area contributed by atoms with Crippen molar-refractivity contribution in [3.8, 4) is 11.4 Å². The molecule has 1 atom stereocenters. The first-order valence-electron chi connectivity index (χ1n) is 7.71. The van der Waals surface area contributed by atoms with Gasteiger partial charge in [0, 0.05) is 21.8 Å². The van der Waals surface area contributed by atoms with Crippen molar-refractivity contribution in [2.24, 2.45) is 5.41 Å². The zero-order valence-corrected chi connectivity index (χ0v) is 15.1. The van der Waals surface area contributed by atoms with Crippen LogP contribution >= 0.6 is 0 Å². The zero-order valence-electron chi connectivity index (χ0n) is 14.3. The number of ether oxygens (including phenoxy) is 1. The largest absolute Gasteiger partial charge is 0.497 e. The third-order valence-corrected chi connectivity index (χ3v) is 5.11. The Bertz CT molecular complexity index is 804. The van der Waals surface area contributed by atoms with Crippen molar-refractivity contribution in [1.82, 2.24) is 9.78 Å². The second kappa shape index (κ2) is 6.05. The van der Waals surface area contributed by atoms with Crippen LogP contribution < -0.4 is 10.1 Å². The summed E-state index contributed by atoms with van der Waals surface area (Å²) in [5, 5.41) is 7.54. The summed E-state index contributed by atoms with van der Waals surface area (Å²) < 4.78 is 18.8. The number of hydrogen-bond donors (Lipinski definition) is 1. The fourth-order valence-electron chi connectivity index (χ4n) is 2.46. The maximum absolute atomic E-state index is 12.4. The summed E-state index contributed by atoms with van der Waals surface area (Å²) in [6.45, 7) is 5.57. The number of methoxy groups -OCH3 is 1. The van der Waals surface area contributed by atoms with Crippen LogP contribution in [0.3, 0.4) is 0 Å². The number of amides is 1. The Balaban J connectivity index is 2.04. The third kappa shape index (κ3) is 3.08. The van der Waals surface area contributed by atoms with Crippen LogP contribution in [0, 0.1) is 5.41 Å². The maximum Gasteiger partial charge on any atom is 0.230 e. The molecule has 1 aliphatic heterocycles. The van der Waals surface area contributed by atoms with E-state index >= 15 is 0 Å². The molecule has 6 nitrogen and oxygen atoms in total. The molecule has 3 rings (SSSR count). The van der Waals surface area contributed by atoms with Gasteiger partial charge in [0.15, 0.2) is 0 Å². The van der Waals surface area contributed by atoms with Gasteiger partial charge in [-0.2, -0.15) is 5.10 Å². The summed E-state index contributed by atoms with van der Waals surface area (Å²) in [7, 11) is 0.661. The van der Waals surface area contributed by atoms with E-state index in [0.29, 0.717) is 17.3 Å². The minimum atomic E-state index is -0.951. The lowest BCUT2D eigenvalue weighted by Gasteiger charge is -2.19. The predicted molar refractivity (Wildman–Crippen MR) is 93.8 cm³/mol. The van der Waals surface area contributed by atoms with E-state index in [1.165, 1.54) is 0 Å². The highest BCUT2D eigenvalue weighted by Crippen LogP contribution is 2.32. The normalized spacial score (nSPS) is 16.8. The van der Waals surface area contributed by atoms with Crippen LogP contribution in [0.2, 0.25) is 0 Å². The zero-order chi connectivity index (χ0) is 17.5. The van der Waals surface area contributed by atoms with Gasteiger partial charge in [-0.15, -0.1) is 0 Å². The second-order valence-electron chi connectivity index (χ2n) is 6.82. The van der Waals surface area contributed by atoms with E-state index in [2.05, 4.69) is 10.4 Å². The molecule has 0 bridgehead atoms. The highest BCUT2D eigenvalue weighted by Gasteiger charge is 2.30. The van der Waals surface area contributed by atoms with Crippen LogP contribution in [0.4, 0.5) is 5.82 Å². The molecule has 1 amide bonds. The number of hydrogen-bond acceptors (Lipinski definition) is 4. The van der Waals surface area contributed by atoms with E-state index in [-0.39, 0.29) is 5.91 Å². The molecule has 7 heteroatoms. The maximum atomic E-state index is 12.4. The number of anilines is 1. The lowest BCUT2D eigenvalue weighted by atomic mass is 9.95. The van der Waals surface area contributed by atoms with E-state index < -0.39 is 16.2 Å². The summed E-state index contributed by atoms with van der Waals surface area (Å²) in [6.07, 6.45) is 0. The molecule has 0 unspecified atom stereocenters. The summed E-state index contributed by atoms with van der Waals surface area (Å²) >= 11 is 0. The molecule has 2 aromatic rings. The lowest BCUT2D eigenvalue weighted by molar-refractivity contribution is -0.123. The molecule has 0 saturated heterocycles. The average Bonchev–Trinajstić information content (AvgIpc) is 3.04. The first-order chi connectivity index (χ1) is 11.3. The number of carbonyl (C=O) groups excluding carboxylic acids is 1. The number of rotatable bonds is 3. The van der Waals surface area contributed by atoms with Gasteiger partial charge in [-0.1, -0.05) is 20.8 Å². The van der Waals surface area contributed by atoms with Crippen molar-refractivity contribution < 1.29 is 13.7 Å². The first kappa shape index (κ1) is 16.7. The van der Waals surface area contributed by atoms with Crippen LogP contribution in [-0.4, -0.2) is 27.0 Å². The minimum absolute atomic E-state index is 0.0994. The monoisotopic (exact) mass is 347 g/mol. The molecule has 1 N–H and O–H groups in total. The summed E-state index contributed by atoms with van der Waals surface area (Å²) in [5.74, 6) is 2.11. The molecular weight excluding hydrogens is 326 g/mol. The van der Waals surface area contributed by atoms with E-state index in [9.17, 15) is 9.00 Å². The Morgan fingerprint density at radius 2 is 1.92 bits per heavy atom. The van der Waals surface area contributed by atoms with Crippen molar-refractivity contribution in [1.29, 1.82) is 0 Å². The van der Waals surface area contributed by atoms with E-state index in [0.717, 1.165) is 22.7 Å². The highest BCUT2D eigenvalue weighted by molar-refractivity contribution is 7.83. The Kier molecular flexibility index (Phi) is 4.21. The van der Waals surface area contributed by atoms with Crippen molar-refractivity contribution in [2.45, 2.75) is 32.3 Å². The SMILES string of the molecule is COc1ccc(-n2nc3c(c2NC(=O)C(C)(C)C)C[S@](=O)C3)cc1. The quantitative estimate of drug-likeness (QED) is 0.926. The lowest BCUT2D eigenvalue weighted by Crippen LogP contribution is -2.29. The van der Waals surface area contributed by atoms with E-state index in [1.807, 2.05) is 45.0 Å². The number of aromatic nitrogens is 2. The van der Waals surface area contributed by atoms with E-state index in [4.69, 9.17) is 4.74 Å². The summed E-state index contributed by atoms with van der Waals surface area (Å²) in [5.41, 5.74) is 1.94. The van der Waals surface area contributed by atoms with Crippen molar-refractivity contribution in [3.05, 3.63) is 35.5 Å². The average molecular weight is 347 g/mol. The smallest absolute Gasteiger partial charge is 0.230 e. The van der Waals surface area contributed by atoms with Gasteiger partial charge in [0.25, 0.3) is 0 Å². The third-order valence-electron chi connectivity index (χ3n) is 3.90. The minimum Gasteiger partial charge on any atom is -0.497 e. The standard InChI is InChI=1S/C17H21N3O3S/c1-17(2,3)16(21)18-15-13-9-24(22)10-14(13)19-20(15)11-5-7-12(23-4)8-6-11/h5-8H,9-10H2,1-4H3,(H,18,21)/t24-/m0/s1. The van der Waals surface area contributed by atoms with Gasteiger partial charge in [-0.05, 0) is 24.3 Å². The van der Waals surface area contributed by atoms with Crippen LogP contribution in [0.25, 0.3) is 5.69 Å². The second-order valence-corrected chi connectivity index (χ2v) is 8.27. The molecule has 1 aliphatic rings. The molecule has 1 aromatic carbocycles. The predicted octanol–water partition coefficient (Wildman–Crippen LogP) is 2.63. The van der Waals surface area contributed by atoms with Gasteiger partial charge in [0.1, 0.15) is 11.6 Å². The van der Waals surface area contributed by atoms with Crippen molar-refractivity contribution >= 4 is 22.5 Å². The Morgan fingerprint density at radius 1 is 1.25 bits per heavy atom. The van der Waals surface area contributed by atoms with Crippen LogP contribution in [0.1, 0.15) is 32.0 Å². The Morgan fingerprint density at radius 3 is 2.50 bits per heavy atom. The molecule has 1 aromatic heterocycles. The van der Waals surface area contributed by atoms with Crippen LogP contribution in [-0.2, 0) is 27.1 Å². The van der Waals surface area contributed by atoms with Crippen molar-refractivity contribution in [3.63, 3.8) is 0 Å². The van der Waals surface area contributed by atoms with Gasteiger partial charge in [-0.3, -0.25) is 9.00 Å².